The molecule has 0 aliphatic carbocycles. The van der Waals surface area contributed by atoms with Crippen molar-refractivity contribution in [3.63, 3.8) is 0 Å². The fraction of sp³-hybridized carbons (Fsp3) is 0.917. The van der Waals surface area contributed by atoms with Crippen molar-refractivity contribution in [2.45, 2.75) is 45.1 Å². The van der Waals surface area contributed by atoms with Crippen LogP contribution in [-0.4, -0.2) is 41.9 Å². The van der Waals surface area contributed by atoms with Crippen LogP contribution in [0.2, 0.25) is 0 Å². The van der Waals surface area contributed by atoms with Gasteiger partial charge in [-0.1, -0.05) is 29.3 Å². The Bertz CT molecular complexity index is 205. The van der Waals surface area contributed by atoms with E-state index < -0.39 is 0 Å². The van der Waals surface area contributed by atoms with Crippen LogP contribution in [0.3, 0.4) is 0 Å². The molecule has 0 saturated carbocycles. The molecule has 1 atom stereocenters. The molecular formula is C12H22BrNO2. The number of nitrogens with zero attached hydrogens (tertiary/aromatic N) is 1. The number of amides is 1. The maximum Gasteiger partial charge on any atom is 0.225 e. The van der Waals surface area contributed by atoms with E-state index >= 15 is 0 Å². The Balaban J connectivity index is 2.32. The molecular weight excluding hydrogens is 270 g/mol. The van der Waals surface area contributed by atoms with Gasteiger partial charge < -0.3 is 9.64 Å². The summed E-state index contributed by atoms with van der Waals surface area (Å²) in [4.78, 5) is 14.0. The second-order valence-corrected chi connectivity index (χ2v) is 5.06. The first-order chi connectivity index (χ1) is 7.77. The first kappa shape index (κ1) is 14.0. The predicted octanol–water partition coefficient (Wildman–Crippen LogP) is 2.58. The molecule has 1 aliphatic rings. The van der Waals surface area contributed by atoms with Gasteiger partial charge in [0.25, 0.3) is 0 Å². The molecule has 3 nitrogen and oxygen atoms in total. The molecule has 0 spiro atoms. The lowest BCUT2D eigenvalue weighted by Gasteiger charge is -2.23. The Labute approximate surface area is 107 Å². The zero-order valence-electron chi connectivity index (χ0n) is 10.1. The highest BCUT2D eigenvalue weighted by atomic mass is 79.9. The number of rotatable bonds is 7. The van der Waals surface area contributed by atoms with Crippen LogP contribution in [0.5, 0.6) is 0 Å². The van der Waals surface area contributed by atoms with E-state index in [-0.39, 0.29) is 12.0 Å². The Kier molecular flexibility index (Phi) is 7.05. The fourth-order valence-electron chi connectivity index (χ4n) is 1.94. The number of unbranched alkanes of at least 4 members (excludes halogenated alkanes) is 1. The maximum absolute atomic E-state index is 12.0. The van der Waals surface area contributed by atoms with Crippen LogP contribution in [0.4, 0.5) is 0 Å². The first-order valence-corrected chi connectivity index (χ1v) is 7.35. The lowest BCUT2D eigenvalue weighted by atomic mass is 10.1. The van der Waals surface area contributed by atoms with E-state index in [2.05, 4.69) is 22.9 Å². The summed E-state index contributed by atoms with van der Waals surface area (Å²) in [7, 11) is 0. The van der Waals surface area contributed by atoms with Gasteiger partial charge in [-0.15, -0.1) is 0 Å². The Morgan fingerprint density at radius 3 is 2.88 bits per heavy atom. The lowest BCUT2D eigenvalue weighted by molar-refractivity contribution is -0.133. The number of hydrogen-bond acceptors (Lipinski definition) is 2. The third-order valence-electron chi connectivity index (χ3n) is 2.92. The lowest BCUT2D eigenvalue weighted by Crippen LogP contribution is -2.35. The standard InChI is InChI=1S/C12H22BrNO2/c1-2-3-7-14(8-6-13)12(15)10-11-5-4-9-16-11/h11H,2-10H2,1H3. The van der Waals surface area contributed by atoms with Crippen LogP contribution in [0.25, 0.3) is 0 Å². The summed E-state index contributed by atoms with van der Waals surface area (Å²) in [6.45, 7) is 4.67. The molecule has 0 bridgehead atoms. The Hall–Kier alpha value is -0.0900. The van der Waals surface area contributed by atoms with Crippen LogP contribution < -0.4 is 0 Å². The van der Waals surface area contributed by atoms with Crippen molar-refractivity contribution >= 4 is 21.8 Å². The second kappa shape index (κ2) is 8.07. The van der Waals surface area contributed by atoms with E-state index in [0.717, 1.165) is 50.7 Å². The topological polar surface area (TPSA) is 29.5 Å². The highest BCUT2D eigenvalue weighted by molar-refractivity contribution is 9.09. The van der Waals surface area contributed by atoms with Crippen molar-refractivity contribution in [1.29, 1.82) is 0 Å². The van der Waals surface area contributed by atoms with Gasteiger partial charge >= 0.3 is 0 Å². The first-order valence-electron chi connectivity index (χ1n) is 6.23. The van der Waals surface area contributed by atoms with Gasteiger partial charge in [-0.25, -0.2) is 0 Å². The van der Waals surface area contributed by atoms with Crippen LogP contribution in [0.1, 0.15) is 39.0 Å². The minimum atomic E-state index is 0.173. The molecule has 0 aromatic heterocycles. The highest BCUT2D eigenvalue weighted by Gasteiger charge is 2.22. The summed E-state index contributed by atoms with van der Waals surface area (Å²) >= 11 is 3.40. The number of carbonyl (C=O) groups is 1. The quantitative estimate of drug-likeness (QED) is 0.675. The summed E-state index contributed by atoms with van der Waals surface area (Å²) in [5, 5.41) is 0.855. The van der Waals surface area contributed by atoms with Crippen molar-refractivity contribution in [3.05, 3.63) is 0 Å². The average molecular weight is 292 g/mol. The van der Waals surface area contributed by atoms with Crippen LogP contribution in [-0.2, 0) is 9.53 Å². The van der Waals surface area contributed by atoms with E-state index in [1.165, 1.54) is 0 Å². The van der Waals surface area contributed by atoms with Gasteiger partial charge in [0.15, 0.2) is 0 Å². The smallest absolute Gasteiger partial charge is 0.225 e. The van der Waals surface area contributed by atoms with Crippen LogP contribution >= 0.6 is 15.9 Å². The van der Waals surface area contributed by atoms with Gasteiger partial charge in [0.1, 0.15) is 0 Å². The molecule has 1 saturated heterocycles. The van der Waals surface area contributed by atoms with Crippen molar-refractivity contribution < 1.29 is 9.53 Å². The normalized spacial score (nSPS) is 20.0. The van der Waals surface area contributed by atoms with Crippen molar-refractivity contribution in [1.82, 2.24) is 4.90 Å². The van der Waals surface area contributed by atoms with Gasteiger partial charge in [-0.2, -0.15) is 0 Å². The number of halogens is 1. The number of alkyl halides is 1. The monoisotopic (exact) mass is 291 g/mol. The summed E-state index contributed by atoms with van der Waals surface area (Å²) in [5.41, 5.74) is 0. The molecule has 4 heteroatoms. The SMILES string of the molecule is CCCCN(CCBr)C(=O)CC1CCCO1. The van der Waals surface area contributed by atoms with Crippen molar-refractivity contribution in [2.24, 2.45) is 0 Å². The molecule has 16 heavy (non-hydrogen) atoms. The van der Waals surface area contributed by atoms with Gasteiger partial charge in [-0.3, -0.25) is 4.79 Å². The highest BCUT2D eigenvalue weighted by Crippen LogP contribution is 2.16. The molecule has 1 amide bonds. The number of carbonyl (C=O) groups excluding carboxylic acids is 1. The Morgan fingerprint density at radius 1 is 1.50 bits per heavy atom. The minimum absolute atomic E-state index is 0.173. The van der Waals surface area contributed by atoms with Gasteiger partial charge in [0.2, 0.25) is 5.91 Å². The maximum atomic E-state index is 12.0. The molecule has 0 aromatic rings. The van der Waals surface area contributed by atoms with E-state index in [1.54, 1.807) is 0 Å². The van der Waals surface area contributed by atoms with Gasteiger partial charge in [0, 0.05) is 25.0 Å². The zero-order valence-corrected chi connectivity index (χ0v) is 11.7. The zero-order chi connectivity index (χ0) is 11.8. The van der Waals surface area contributed by atoms with E-state index in [9.17, 15) is 4.79 Å². The fourth-order valence-corrected chi connectivity index (χ4v) is 2.37. The third-order valence-corrected chi connectivity index (χ3v) is 3.27. The second-order valence-electron chi connectivity index (χ2n) is 4.26. The van der Waals surface area contributed by atoms with E-state index in [4.69, 9.17) is 4.74 Å². The molecule has 1 fully saturated rings. The summed E-state index contributed by atoms with van der Waals surface area (Å²) in [5.74, 6) is 0.250. The summed E-state index contributed by atoms with van der Waals surface area (Å²) in [6, 6.07) is 0. The van der Waals surface area contributed by atoms with Gasteiger partial charge in [-0.05, 0) is 19.3 Å². The van der Waals surface area contributed by atoms with E-state index in [0.29, 0.717) is 6.42 Å². The summed E-state index contributed by atoms with van der Waals surface area (Å²) in [6.07, 6.45) is 5.10. The molecule has 1 heterocycles. The molecule has 0 N–H and O–H groups in total. The minimum Gasteiger partial charge on any atom is -0.378 e. The molecule has 1 aliphatic heterocycles. The molecule has 94 valence electrons. The van der Waals surface area contributed by atoms with Crippen molar-refractivity contribution in [3.8, 4) is 0 Å². The largest absolute Gasteiger partial charge is 0.378 e. The number of ether oxygens (including phenoxy) is 1. The van der Waals surface area contributed by atoms with Crippen molar-refractivity contribution in [2.75, 3.05) is 25.0 Å². The van der Waals surface area contributed by atoms with E-state index in [1.807, 2.05) is 4.90 Å². The summed E-state index contributed by atoms with van der Waals surface area (Å²) < 4.78 is 5.50. The molecule has 0 radical (unpaired) electrons. The average Bonchev–Trinajstić information content (AvgIpc) is 2.76. The molecule has 1 unspecified atom stereocenters. The third kappa shape index (κ3) is 4.83. The number of hydrogen-bond donors (Lipinski definition) is 0. The molecule has 1 rings (SSSR count). The Morgan fingerprint density at radius 2 is 2.31 bits per heavy atom. The predicted molar refractivity (Wildman–Crippen MR) is 68.9 cm³/mol. The van der Waals surface area contributed by atoms with Crippen LogP contribution in [0, 0.1) is 0 Å². The van der Waals surface area contributed by atoms with Crippen LogP contribution in [0.15, 0.2) is 0 Å². The molecule has 0 aromatic carbocycles. The van der Waals surface area contributed by atoms with Gasteiger partial charge in [0.05, 0.1) is 12.5 Å².